The van der Waals surface area contributed by atoms with Gasteiger partial charge in [0.25, 0.3) is 0 Å². The molecule has 0 bridgehead atoms. The standard InChI is InChI=1S/C11H23N3O2/c12-5-3-1-2-4-6-13-11(16)10-7-9(15)8-14-10/h9-10,14-15H,1-8,12H2,(H,13,16)/t9-,10+/m1/s1. The minimum atomic E-state index is -0.375. The molecular formula is C11H23N3O2. The maximum absolute atomic E-state index is 11.6. The summed E-state index contributed by atoms with van der Waals surface area (Å²) in [5.41, 5.74) is 5.39. The molecule has 5 N–H and O–H groups in total. The zero-order valence-corrected chi connectivity index (χ0v) is 9.74. The summed E-state index contributed by atoms with van der Waals surface area (Å²) in [4.78, 5) is 11.6. The van der Waals surface area contributed by atoms with Crippen LogP contribution >= 0.6 is 0 Å². The molecule has 2 atom stereocenters. The van der Waals surface area contributed by atoms with Gasteiger partial charge in [-0.1, -0.05) is 12.8 Å². The molecule has 0 aromatic heterocycles. The summed E-state index contributed by atoms with van der Waals surface area (Å²) in [7, 11) is 0. The Hall–Kier alpha value is -0.650. The van der Waals surface area contributed by atoms with Gasteiger partial charge in [-0.3, -0.25) is 4.79 Å². The maximum Gasteiger partial charge on any atom is 0.237 e. The van der Waals surface area contributed by atoms with Gasteiger partial charge >= 0.3 is 0 Å². The van der Waals surface area contributed by atoms with E-state index >= 15 is 0 Å². The van der Waals surface area contributed by atoms with Crippen molar-refractivity contribution < 1.29 is 9.90 Å². The molecule has 0 aliphatic carbocycles. The summed E-state index contributed by atoms with van der Waals surface area (Å²) >= 11 is 0. The van der Waals surface area contributed by atoms with Gasteiger partial charge < -0.3 is 21.5 Å². The van der Waals surface area contributed by atoms with Crippen LogP contribution in [-0.4, -0.2) is 42.8 Å². The lowest BCUT2D eigenvalue weighted by Gasteiger charge is -2.10. The molecule has 1 saturated heterocycles. The number of hydrogen-bond donors (Lipinski definition) is 4. The van der Waals surface area contributed by atoms with Crippen LogP contribution in [-0.2, 0) is 4.79 Å². The van der Waals surface area contributed by atoms with Crippen molar-refractivity contribution in [3.63, 3.8) is 0 Å². The van der Waals surface area contributed by atoms with Gasteiger partial charge in [0.15, 0.2) is 0 Å². The predicted octanol–water partition coefficient (Wildman–Crippen LogP) is -0.655. The van der Waals surface area contributed by atoms with Crippen molar-refractivity contribution in [3.05, 3.63) is 0 Å². The van der Waals surface area contributed by atoms with Crippen molar-refractivity contribution >= 4 is 5.91 Å². The van der Waals surface area contributed by atoms with Crippen molar-refractivity contribution in [3.8, 4) is 0 Å². The van der Waals surface area contributed by atoms with Crippen molar-refractivity contribution in [2.75, 3.05) is 19.6 Å². The molecule has 0 unspecified atom stereocenters. The van der Waals surface area contributed by atoms with E-state index in [0.717, 1.165) is 38.8 Å². The molecule has 16 heavy (non-hydrogen) atoms. The van der Waals surface area contributed by atoms with Crippen LogP contribution < -0.4 is 16.4 Å². The fraction of sp³-hybridized carbons (Fsp3) is 0.909. The molecule has 1 aliphatic heterocycles. The van der Waals surface area contributed by atoms with Gasteiger partial charge in [-0.2, -0.15) is 0 Å². The van der Waals surface area contributed by atoms with E-state index < -0.39 is 0 Å². The third-order valence-corrected chi connectivity index (χ3v) is 2.85. The molecule has 0 spiro atoms. The van der Waals surface area contributed by atoms with E-state index in [-0.39, 0.29) is 18.1 Å². The molecule has 1 rings (SSSR count). The van der Waals surface area contributed by atoms with Crippen molar-refractivity contribution in [1.29, 1.82) is 0 Å². The molecule has 0 aromatic rings. The molecule has 0 aromatic carbocycles. The van der Waals surface area contributed by atoms with Crippen LogP contribution in [0.3, 0.4) is 0 Å². The summed E-state index contributed by atoms with van der Waals surface area (Å²) < 4.78 is 0. The van der Waals surface area contributed by atoms with E-state index in [1.54, 1.807) is 0 Å². The van der Waals surface area contributed by atoms with Gasteiger partial charge in [0, 0.05) is 13.1 Å². The number of rotatable bonds is 7. The zero-order valence-electron chi connectivity index (χ0n) is 9.74. The highest BCUT2D eigenvalue weighted by molar-refractivity contribution is 5.82. The topological polar surface area (TPSA) is 87.4 Å². The van der Waals surface area contributed by atoms with Crippen LogP contribution in [0.4, 0.5) is 0 Å². The lowest BCUT2D eigenvalue weighted by Crippen LogP contribution is -2.40. The van der Waals surface area contributed by atoms with E-state index in [1.165, 1.54) is 0 Å². The highest BCUT2D eigenvalue weighted by atomic mass is 16.3. The SMILES string of the molecule is NCCCCCCNC(=O)[C@@H]1C[C@@H](O)CN1. The fourth-order valence-electron chi connectivity index (χ4n) is 1.87. The Labute approximate surface area is 96.8 Å². The first kappa shape index (κ1) is 13.4. The molecule has 1 fully saturated rings. The van der Waals surface area contributed by atoms with Crippen molar-refractivity contribution in [2.45, 2.75) is 44.2 Å². The second-order valence-corrected chi connectivity index (χ2v) is 4.34. The van der Waals surface area contributed by atoms with Gasteiger partial charge in [0.1, 0.15) is 0 Å². The average molecular weight is 229 g/mol. The highest BCUT2D eigenvalue weighted by Crippen LogP contribution is 2.06. The Bertz CT molecular complexity index is 211. The van der Waals surface area contributed by atoms with Crippen LogP contribution in [0.5, 0.6) is 0 Å². The smallest absolute Gasteiger partial charge is 0.237 e. The van der Waals surface area contributed by atoms with Gasteiger partial charge in [0.05, 0.1) is 12.1 Å². The summed E-state index contributed by atoms with van der Waals surface area (Å²) in [5, 5.41) is 15.1. The monoisotopic (exact) mass is 229 g/mol. The molecule has 1 amide bonds. The maximum atomic E-state index is 11.6. The van der Waals surface area contributed by atoms with Crippen LogP contribution in [0.1, 0.15) is 32.1 Å². The van der Waals surface area contributed by atoms with Gasteiger partial charge in [-0.05, 0) is 25.8 Å². The summed E-state index contributed by atoms with van der Waals surface area (Å²) in [6.45, 7) is 1.99. The third kappa shape index (κ3) is 4.92. The first-order chi connectivity index (χ1) is 7.74. The number of carbonyl (C=O) groups excluding carboxylic acids is 1. The number of carbonyl (C=O) groups is 1. The Morgan fingerprint density at radius 3 is 2.75 bits per heavy atom. The summed E-state index contributed by atoms with van der Waals surface area (Å²) in [6, 6.07) is -0.209. The minimum Gasteiger partial charge on any atom is -0.392 e. The molecule has 1 heterocycles. The second kappa shape index (κ2) is 7.60. The first-order valence-corrected chi connectivity index (χ1v) is 6.13. The van der Waals surface area contributed by atoms with Gasteiger partial charge in [-0.25, -0.2) is 0 Å². The zero-order chi connectivity index (χ0) is 11.8. The van der Waals surface area contributed by atoms with Gasteiger partial charge in [0.2, 0.25) is 5.91 Å². The summed E-state index contributed by atoms with van der Waals surface area (Å²) in [5.74, 6) is 0.00961. The van der Waals surface area contributed by atoms with E-state index in [4.69, 9.17) is 5.73 Å². The number of nitrogens with one attached hydrogen (secondary N) is 2. The highest BCUT2D eigenvalue weighted by Gasteiger charge is 2.27. The van der Waals surface area contributed by atoms with Crippen LogP contribution in [0.25, 0.3) is 0 Å². The molecule has 0 saturated carbocycles. The third-order valence-electron chi connectivity index (χ3n) is 2.85. The Kier molecular flexibility index (Phi) is 6.37. The average Bonchev–Trinajstić information content (AvgIpc) is 2.70. The largest absolute Gasteiger partial charge is 0.392 e. The Morgan fingerprint density at radius 1 is 1.38 bits per heavy atom. The normalized spacial score (nSPS) is 24.6. The minimum absolute atomic E-state index is 0.00961. The quantitative estimate of drug-likeness (QED) is 0.437. The predicted molar refractivity (Wildman–Crippen MR) is 62.9 cm³/mol. The Morgan fingerprint density at radius 2 is 2.12 bits per heavy atom. The van der Waals surface area contributed by atoms with Crippen LogP contribution in [0.15, 0.2) is 0 Å². The van der Waals surface area contributed by atoms with E-state index in [0.29, 0.717) is 13.0 Å². The molecule has 94 valence electrons. The summed E-state index contributed by atoms with van der Waals surface area (Å²) in [6.07, 6.45) is 4.45. The van der Waals surface area contributed by atoms with Gasteiger partial charge in [-0.15, -0.1) is 0 Å². The number of unbranched alkanes of at least 4 members (excludes halogenated alkanes) is 3. The van der Waals surface area contributed by atoms with Crippen molar-refractivity contribution in [1.82, 2.24) is 10.6 Å². The lowest BCUT2D eigenvalue weighted by atomic mass is 10.1. The fourth-order valence-corrected chi connectivity index (χ4v) is 1.87. The van der Waals surface area contributed by atoms with E-state index in [9.17, 15) is 9.90 Å². The first-order valence-electron chi connectivity index (χ1n) is 6.13. The van der Waals surface area contributed by atoms with Crippen LogP contribution in [0, 0.1) is 0 Å². The molecule has 1 aliphatic rings. The van der Waals surface area contributed by atoms with Crippen LogP contribution in [0.2, 0.25) is 0 Å². The Balaban J connectivity index is 1.98. The molecular weight excluding hydrogens is 206 g/mol. The van der Waals surface area contributed by atoms with Crippen molar-refractivity contribution in [2.24, 2.45) is 5.73 Å². The lowest BCUT2D eigenvalue weighted by molar-refractivity contribution is -0.122. The van der Waals surface area contributed by atoms with E-state index in [2.05, 4.69) is 10.6 Å². The molecule has 5 nitrogen and oxygen atoms in total. The number of amides is 1. The second-order valence-electron chi connectivity index (χ2n) is 4.34. The van der Waals surface area contributed by atoms with E-state index in [1.807, 2.05) is 0 Å². The number of β-amino-alcohol motifs (C(OH)–C–C–N with tert-alkyl or cyclic N) is 1. The number of hydrogen-bond acceptors (Lipinski definition) is 4. The number of nitrogens with two attached hydrogens (primary N) is 1. The molecule has 5 heteroatoms. The molecule has 0 radical (unpaired) electrons. The number of aliphatic hydroxyl groups excluding tert-OH is 1. The number of aliphatic hydroxyl groups is 1.